The molecule has 0 saturated carbocycles. The standard InChI is InChI=1S/C15H23N5O3S/c1-9-12(14(23)20-15(16-9)17-10(2)19-20)4-5-13(22)18-11(8-21)6-7-24-3/h11,21H,4-8H2,1-3H3,(H,18,22)(H,16,17,19)/t11-/m1/s1. The lowest BCUT2D eigenvalue weighted by molar-refractivity contribution is -0.122. The van der Waals surface area contributed by atoms with E-state index in [4.69, 9.17) is 0 Å². The van der Waals surface area contributed by atoms with Crippen molar-refractivity contribution in [1.82, 2.24) is 24.9 Å². The molecule has 1 amide bonds. The minimum absolute atomic E-state index is 0.0884. The lowest BCUT2D eigenvalue weighted by Crippen LogP contribution is -2.38. The van der Waals surface area contributed by atoms with Crippen LogP contribution in [0.1, 0.15) is 29.9 Å². The van der Waals surface area contributed by atoms with Crippen LogP contribution in [0.25, 0.3) is 5.78 Å². The molecule has 9 heteroatoms. The van der Waals surface area contributed by atoms with E-state index >= 15 is 0 Å². The van der Waals surface area contributed by atoms with Crippen molar-refractivity contribution in [2.24, 2.45) is 0 Å². The molecule has 2 rings (SSSR count). The third kappa shape index (κ3) is 4.35. The van der Waals surface area contributed by atoms with Gasteiger partial charge < -0.3 is 10.4 Å². The van der Waals surface area contributed by atoms with E-state index in [0.717, 1.165) is 5.75 Å². The van der Waals surface area contributed by atoms with E-state index in [1.807, 2.05) is 6.26 Å². The number of rotatable bonds is 8. The molecule has 0 radical (unpaired) electrons. The van der Waals surface area contributed by atoms with Gasteiger partial charge >= 0.3 is 0 Å². The highest BCUT2D eigenvalue weighted by molar-refractivity contribution is 7.98. The molecule has 0 saturated heterocycles. The SMILES string of the molecule is CSCC[C@H](CO)NC(=O)CCc1c(C)nc2nc(C)[nH]n2c1=O. The van der Waals surface area contributed by atoms with Crippen LogP contribution in [-0.2, 0) is 11.2 Å². The van der Waals surface area contributed by atoms with Crippen molar-refractivity contribution in [2.45, 2.75) is 39.2 Å². The van der Waals surface area contributed by atoms with Crippen LogP contribution in [-0.4, -0.2) is 55.3 Å². The fourth-order valence-electron chi connectivity index (χ4n) is 2.46. The maximum atomic E-state index is 12.5. The molecule has 0 aliphatic carbocycles. The van der Waals surface area contributed by atoms with Crippen molar-refractivity contribution in [3.8, 4) is 0 Å². The van der Waals surface area contributed by atoms with Gasteiger partial charge in [0, 0.05) is 12.0 Å². The molecule has 3 N–H and O–H groups in total. The first-order chi connectivity index (χ1) is 11.5. The Morgan fingerprint density at radius 1 is 1.42 bits per heavy atom. The average molecular weight is 353 g/mol. The molecular formula is C15H23N5O3S. The van der Waals surface area contributed by atoms with Crippen molar-refractivity contribution in [3.63, 3.8) is 0 Å². The van der Waals surface area contributed by atoms with E-state index in [1.54, 1.807) is 25.6 Å². The maximum Gasteiger partial charge on any atom is 0.277 e. The second kappa shape index (κ2) is 8.29. The van der Waals surface area contributed by atoms with Gasteiger partial charge in [0.1, 0.15) is 5.82 Å². The Labute approximate surface area is 144 Å². The van der Waals surface area contributed by atoms with E-state index < -0.39 is 0 Å². The molecule has 1 atom stereocenters. The van der Waals surface area contributed by atoms with E-state index in [2.05, 4.69) is 20.4 Å². The zero-order valence-electron chi connectivity index (χ0n) is 14.1. The summed E-state index contributed by atoms with van der Waals surface area (Å²) in [6.07, 6.45) is 3.16. The highest BCUT2D eigenvalue weighted by atomic mass is 32.2. The smallest absolute Gasteiger partial charge is 0.277 e. The fraction of sp³-hybridized carbons (Fsp3) is 0.600. The van der Waals surface area contributed by atoms with Crippen molar-refractivity contribution < 1.29 is 9.90 Å². The predicted molar refractivity (Wildman–Crippen MR) is 93.4 cm³/mol. The zero-order chi connectivity index (χ0) is 17.7. The largest absolute Gasteiger partial charge is 0.394 e. The number of carbonyl (C=O) groups excluding carboxylic acids is 1. The van der Waals surface area contributed by atoms with Gasteiger partial charge in [-0.1, -0.05) is 0 Å². The number of aromatic nitrogens is 4. The van der Waals surface area contributed by atoms with Gasteiger partial charge in [-0.05, 0) is 38.7 Å². The number of aromatic amines is 1. The first-order valence-corrected chi connectivity index (χ1v) is 9.19. The Kier molecular flexibility index (Phi) is 6.38. The van der Waals surface area contributed by atoms with Gasteiger partial charge in [-0.15, -0.1) is 0 Å². The highest BCUT2D eigenvalue weighted by Gasteiger charge is 2.15. The molecule has 0 aliphatic heterocycles. The van der Waals surface area contributed by atoms with E-state index in [-0.39, 0.29) is 30.5 Å². The number of aryl methyl sites for hydroxylation is 2. The summed E-state index contributed by atoms with van der Waals surface area (Å²) in [6.45, 7) is 3.41. The van der Waals surface area contributed by atoms with Crippen LogP contribution in [0.15, 0.2) is 4.79 Å². The maximum absolute atomic E-state index is 12.5. The molecule has 132 valence electrons. The van der Waals surface area contributed by atoms with E-state index in [9.17, 15) is 14.7 Å². The normalized spacial score (nSPS) is 12.5. The number of fused-ring (bicyclic) bond motifs is 1. The van der Waals surface area contributed by atoms with Gasteiger partial charge in [-0.2, -0.15) is 21.3 Å². The Morgan fingerprint density at radius 2 is 2.17 bits per heavy atom. The lowest BCUT2D eigenvalue weighted by atomic mass is 10.1. The average Bonchev–Trinajstić information content (AvgIpc) is 2.91. The Balaban J connectivity index is 2.05. The van der Waals surface area contributed by atoms with Gasteiger partial charge in [-0.25, -0.2) is 4.98 Å². The third-order valence-corrected chi connectivity index (χ3v) is 4.41. The second-order valence-corrected chi connectivity index (χ2v) is 6.64. The molecule has 2 aromatic heterocycles. The summed E-state index contributed by atoms with van der Waals surface area (Å²) in [5, 5.41) is 14.9. The number of H-pyrrole nitrogens is 1. The molecule has 0 bridgehead atoms. The Hall–Kier alpha value is -1.87. The van der Waals surface area contributed by atoms with Crippen LogP contribution < -0.4 is 10.9 Å². The van der Waals surface area contributed by atoms with Gasteiger partial charge in [0.15, 0.2) is 0 Å². The quantitative estimate of drug-likeness (QED) is 0.625. The molecule has 0 fully saturated rings. The first kappa shape index (κ1) is 18.5. The van der Waals surface area contributed by atoms with Gasteiger partial charge in [0.25, 0.3) is 11.3 Å². The van der Waals surface area contributed by atoms with Crippen molar-refractivity contribution in [2.75, 3.05) is 18.6 Å². The summed E-state index contributed by atoms with van der Waals surface area (Å²) in [5.74, 6) is 1.63. The molecular weight excluding hydrogens is 330 g/mol. The number of hydrogen-bond acceptors (Lipinski definition) is 6. The van der Waals surface area contributed by atoms with Crippen molar-refractivity contribution in [1.29, 1.82) is 0 Å². The third-order valence-electron chi connectivity index (χ3n) is 3.76. The van der Waals surface area contributed by atoms with Crippen LogP contribution in [0.5, 0.6) is 0 Å². The van der Waals surface area contributed by atoms with E-state index in [0.29, 0.717) is 35.7 Å². The molecule has 8 nitrogen and oxygen atoms in total. The number of hydrogen-bond donors (Lipinski definition) is 3. The number of thioether (sulfide) groups is 1. The van der Waals surface area contributed by atoms with Crippen LogP contribution in [0, 0.1) is 13.8 Å². The first-order valence-electron chi connectivity index (χ1n) is 7.80. The molecule has 24 heavy (non-hydrogen) atoms. The number of nitrogens with one attached hydrogen (secondary N) is 2. The van der Waals surface area contributed by atoms with Crippen LogP contribution in [0.2, 0.25) is 0 Å². The van der Waals surface area contributed by atoms with Crippen molar-refractivity contribution >= 4 is 23.4 Å². The molecule has 2 aromatic rings. The van der Waals surface area contributed by atoms with Crippen LogP contribution in [0.3, 0.4) is 0 Å². The Morgan fingerprint density at radius 3 is 2.83 bits per heavy atom. The molecule has 2 heterocycles. The van der Waals surface area contributed by atoms with E-state index in [1.165, 1.54) is 4.52 Å². The summed E-state index contributed by atoms with van der Waals surface area (Å²) in [7, 11) is 0. The minimum Gasteiger partial charge on any atom is -0.394 e. The fourth-order valence-corrected chi connectivity index (χ4v) is 2.98. The van der Waals surface area contributed by atoms with Crippen LogP contribution in [0.4, 0.5) is 0 Å². The molecule has 0 aliphatic rings. The number of carbonyl (C=O) groups is 1. The Bertz CT molecular complexity index is 770. The summed E-state index contributed by atoms with van der Waals surface area (Å²) in [4.78, 5) is 33.0. The molecule has 0 aromatic carbocycles. The summed E-state index contributed by atoms with van der Waals surface area (Å²) < 4.78 is 1.30. The monoisotopic (exact) mass is 353 g/mol. The zero-order valence-corrected chi connectivity index (χ0v) is 14.9. The van der Waals surface area contributed by atoms with Crippen molar-refractivity contribution in [3.05, 3.63) is 27.4 Å². The lowest BCUT2D eigenvalue weighted by Gasteiger charge is -2.15. The number of aliphatic hydroxyl groups is 1. The number of nitrogens with zero attached hydrogens (tertiary/aromatic N) is 3. The van der Waals surface area contributed by atoms with Gasteiger partial charge in [0.2, 0.25) is 5.91 Å². The summed E-state index contributed by atoms with van der Waals surface area (Å²) in [5.41, 5.74) is 0.850. The predicted octanol–water partition coefficient (Wildman–Crippen LogP) is 0.197. The van der Waals surface area contributed by atoms with Crippen LogP contribution >= 0.6 is 11.8 Å². The highest BCUT2D eigenvalue weighted by Crippen LogP contribution is 2.06. The minimum atomic E-state index is -0.247. The topological polar surface area (TPSA) is 112 Å². The van der Waals surface area contributed by atoms with Gasteiger partial charge in [0.05, 0.1) is 18.3 Å². The number of amides is 1. The second-order valence-electron chi connectivity index (χ2n) is 5.65. The summed E-state index contributed by atoms with van der Waals surface area (Å²) in [6, 6.07) is -0.247. The molecule has 0 unspecified atom stereocenters. The van der Waals surface area contributed by atoms with Gasteiger partial charge in [-0.3, -0.25) is 14.7 Å². The molecule has 0 spiro atoms. The summed E-state index contributed by atoms with van der Waals surface area (Å²) >= 11 is 1.67. The number of aliphatic hydroxyl groups excluding tert-OH is 1.